The summed E-state index contributed by atoms with van der Waals surface area (Å²) in [6.45, 7) is 5.57. The van der Waals surface area contributed by atoms with Crippen molar-refractivity contribution < 1.29 is 4.74 Å². The van der Waals surface area contributed by atoms with Crippen LogP contribution >= 0.6 is 0 Å². The molecule has 3 nitrogen and oxygen atoms in total. The molecule has 15 heavy (non-hydrogen) atoms. The Morgan fingerprint density at radius 3 is 2.87 bits per heavy atom. The fourth-order valence-electron chi connectivity index (χ4n) is 2.13. The van der Waals surface area contributed by atoms with Gasteiger partial charge >= 0.3 is 0 Å². The Hall–Kier alpha value is -0.120. The summed E-state index contributed by atoms with van der Waals surface area (Å²) in [4.78, 5) is 2.38. The van der Waals surface area contributed by atoms with Gasteiger partial charge in [0.1, 0.15) is 0 Å². The summed E-state index contributed by atoms with van der Waals surface area (Å²) in [6, 6.07) is 0. The van der Waals surface area contributed by atoms with Crippen LogP contribution in [0.5, 0.6) is 0 Å². The maximum absolute atomic E-state index is 5.62. The number of nitrogens with one attached hydrogen (secondary N) is 1. The van der Waals surface area contributed by atoms with Crippen molar-refractivity contribution in [3.8, 4) is 0 Å². The van der Waals surface area contributed by atoms with E-state index in [4.69, 9.17) is 4.74 Å². The standard InChI is InChI=1S/C12H24N2O/c1-14(10-12-3-2-8-15-12)7-6-13-9-11-4-5-11/h11-13H,2-10H2,1H3. The predicted molar refractivity (Wildman–Crippen MR) is 62.1 cm³/mol. The molecule has 2 aliphatic rings. The lowest BCUT2D eigenvalue weighted by Gasteiger charge is -2.20. The summed E-state index contributed by atoms with van der Waals surface area (Å²) in [5, 5.41) is 3.52. The largest absolute Gasteiger partial charge is 0.377 e. The van der Waals surface area contributed by atoms with Gasteiger partial charge in [-0.2, -0.15) is 0 Å². The Kier molecular flexibility index (Phi) is 4.42. The fourth-order valence-corrected chi connectivity index (χ4v) is 2.13. The second-order valence-electron chi connectivity index (χ2n) is 5.04. The first kappa shape index (κ1) is 11.4. The van der Waals surface area contributed by atoms with Crippen molar-refractivity contribution in [1.82, 2.24) is 10.2 Å². The second-order valence-corrected chi connectivity index (χ2v) is 5.04. The summed E-state index contributed by atoms with van der Waals surface area (Å²) in [7, 11) is 2.19. The number of nitrogens with zero attached hydrogens (tertiary/aromatic N) is 1. The van der Waals surface area contributed by atoms with Crippen molar-refractivity contribution in [2.45, 2.75) is 31.8 Å². The minimum atomic E-state index is 0.499. The molecule has 2 fully saturated rings. The van der Waals surface area contributed by atoms with Gasteiger partial charge in [-0.3, -0.25) is 0 Å². The molecule has 0 aromatic carbocycles. The van der Waals surface area contributed by atoms with Gasteiger partial charge in [-0.05, 0) is 45.2 Å². The summed E-state index contributed by atoms with van der Waals surface area (Å²) < 4.78 is 5.62. The molecule has 1 heterocycles. The number of ether oxygens (including phenoxy) is 1. The molecular formula is C12H24N2O. The molecule has 1 N–H and O–H groups in total. The maximum atomic E-state index is 5.62. The van der Waals surface area contributed by atoms with E-state index in [2.05, 4.69) is 17.3 Å². The van der Waals surface area contributed by atoms with E-state index in [1.54, 1.807) is 0 Å². The van der Waals surface area contributed by atoms with Crippen molar-refractivity contribution in [3.05, 3.63) is 0 Å². The van der Waals surface area contributed by atoms with Gasteiger partial charge < -0.3 is 15.0 Å². The lowest BCUT2D eigenvalue weighted by molar-refractivity contribution is 0.0815. The van der Waals surface area contributed by atoms with Crippen LogP contribution < -0.4 is 5.32 Å². The van der Waals surface area contributed by atoms with Crippen LogP contribution in [-0.4, -0.2) is 50.8 Å². The van der Waals surface area contributed by atoms with Crippen molar-refractivity contribution >= 4 is 0 Å². The monoisotopic (exact) mass is 212 g/mol. The molecule has 1 unspecified atom stereocenters. The quantitative estimate of drug-likeness (QED) is 0.640. The van der Waals surface area contributed by atoms with E-state index in [0.29, 0.717) is 6.10 Å². The van der Waals surface area contributed by atoms with Gasteiger partial charge in [0.25, 0.3) is 0 Å². The lowest BCUT2D eigenvalue weighted by atomic mass is 10.2. The fraction of sp³-hybridized carbons (Fsp3) is 1.00. The first-order valence-electron chi connectivity index (χ1n) is 6.35. The van der Waals surface area contributed by atoms with E-state index in [9.17, 15) is 0 Å². The van der Waals surface area contributed by atoms with Crippen LogP contribution in [0.25, 0.3) is 0 Å². The van der Waals surface area contributed by atoms with Crippen LogP contribution in [0.2, 0.25) is 0 Å². The molecule has 0 amide bonds. The maximum Gasteiger partial charge on any atom is 0.0702 e. The van der Waals surface area contributed by atoms with Crippen molar-refractivity contribution in [1.29, 1.82) is 0 Å². The minimum absolute atomic E-state index is 0.499. The van der Waals surface area contributed by atoms with E-state index in [-0.39, 0.29) is 0 Å². The molecule has 1 aliphatic carbocycles. The molecular weight excluding hydrogens is 188 g/mol. The highest BCUT2D eigenvalue weighted by Gasteiger charge is 2.20. The molecule has 0 aromatic rings. The van der Waals surface area contributed by atoms with Crippen molar-refractivity contribution in [2.75, 3.05) is 39.8 Å². The normalized spacial score (nSPS) is 26.4. The average Bonchev–Trinajstić information content (AvgIpc) is 2.91. The zero-order chi connectivity index (χ0) is 10.5. The van der Waals surface area contributed by atoms with E-state index < -0.39 is 0 Å². The van der Waals surface area contributed by atoms with Gasteiger partial charge in [0, 0.05) is 26.2 Å². The van der Waals surface area contributed by atoms with Crippen LogP contribution in [0.3, 0.4) is 0 Å². The molecule has 2 rings (SSSR count). The van der Waals surface area contributed by atoms with Gasteiger partial charge in [-0.15, -0.1) is 0 Å². The highest BCUT2D eigenvalue weighted by Crippen LogP contribution is 2.27. The third-order valence-electron chi connectivity index (χ3n) is 3.34. The van der Waals surface area contributed by atoms with E-state index in [0.717, 1.165) is 32.2 Å². The Labute approximate surface area is 93.2 Å². The predicted octanol–water partition coefficient (Wildman–Crippen LogP) is 1.10. The summed E-state index contributed by atoms with van der Waals surface area (Å²) >= 11 is 0. The van der Waals surface area contributed by atoms with Crippen LogP contribution in [0.1, 0.15) is 25.7 Å². The average molecular weight is 212 g/mol. The lowest BCUT2D eigenvalue weighted by Crippen LogP contribution is -2.35. The molecule has 88 valence electrons. The molecule has 0 radical (unpaired) electrons. The molecule has 1 atom stereocenters. The third kappa shape index (κ3) is 4.49. The molecule has 1 aliphatic heterocycles. The molecule has 0 bridgehead atoms. The smallest absolute Gasteiger partial charge is 0.0702 e. The van der Waals surface area contributed by atoms with E-state index in [1.807, 2.05) is 0 Å². The second kappa shape index (κ2) is 5.83. The van der Waals surface area contributed by atoms with Crippen molar-refractivity contribution in [2.24, 2.45) is 5.92 Å². The highest BCUT2D eigenvalue weighted by atomic mass is 16.5. The molecule has 0 aromatic heterocycles. The summed E-state index contributed by atoms with van der Waals surface area (Å²) in [5.74, 6) is 0.994. The van der Waals surface area contributed by atoms with Gasteiger partial charge in [0.2, 0.25) is 0 Å². The minimum Gasteiger partial charge on any atom is -0.377 e. The molecule has 0 spiro atoms. The highest BCUT2D eigenvalue weighted by molar-refractivity contribution is 4.75. The number of rotatable bonds is 7. The summed E-state index contributed by atoms with van der Waals surface area (Å²) in [6.07, 6.45) is 5.88. The molecule has 3 heteroatoms. The van der Waals surface area contributed by atoms with Crippen LogP contribution in [0.15, 0.2) is 0 Å². The summed E-state index contributed by atoms with van der Waals surface area (Å²) in [5.41, 5.74) is 0. The Balaban J connectivity index is 1.45. The zero-order valence-electron chi connectivity index (χ0n) is 9.87. The molecule has 1 saturated carbocycles. The van der Waals surface area contributed by atoms with Gasteiger partial charge in [-0.1, -0.05) is 0 Å². The first-order chi connectivity index (χ1) is 7.34. The molecule has 1 saturated heterocycles. The van der Waals surface area contributed by atoms with Crippen LogP contribution in [0.4, 0.5) is 0 Å². The van der Waals surface area contributed by atoms with Gasteiger partial charge in [0.15, 0.2) is 0 Å². The number of likely N-dealkylation sites (N-methyl/N-ethyl adjacent to an activating group) is 1. The SMILES string of the molecule is CN(CCNCC1CC1)CC1CCCO1. The van der Waals surface area contributed by atoms with E-state index >= 15 is 0 Å². The third-order valence-corrected chi connectivity index (χ3v) is 3.34. The first-order valence-corrected chi connectivity index (χ1v) is 6.35. The zero-order valence-corrected chi connectivity index (χ0v) is 9.87. The number of hydrogen-bond acceptors (Lipinski definition) is 3. The van der Waals surface area contributed by atoms with E-state index in [1.165, 1.54) is 32.2 Å². The van der Waals surface area contributed by atoms with Gasteiger partial charge in [-0.25, -0.2) is 0 Å². The topological polar surface area (TPSA) is 24.5 Å². The Morgan fingerprint density at radius 2 is 2.20 bits per heavy atom. The van der Waals surface area contributed by atoms with Crippen molar-refractivity contribution in [3.63, 3.8) is 0 Å². The van der Waals surface area contributed by atoms with Crippen LogP contribution in [0, 0.1) is 5.92 Å². The van der Waals surface area contributed by atoms with Crippen LogP contribution in [-0.2, 0) is 4.74 Å². The Morgan fingerprint density at radius 1 is 1.33 bits per heavy atom. The Bertz CT molecular complexity index is 176. The van der Waals surface area contributed by atoms with Gasteiger partial charge in [0.05, 0.1) is 6.10 Å². The number of hydrogen-bond donors (Lipinski definition) is 1.